The van der Waals surface area contributed by atoms with Crippen molar-refractivity contribution in [3.05, 3.63) is 83.9 Å². The first-order chi connectivity index (χ1) is 21.5. The molecule has 11 heteroatoms. The Morgan fingerprint density at radius 3 is 2.39 bits per heavy atom. The van der Waals surface area contributed by atoms with Crippen LogP contribution in [0.5, 0.6) is 17.2 Å². The molecule has 0 radical (unpaired) electrons. The van der Waals surface area contributed by atoms with Gasteiger partial charge in [-0.25, -0.2) is 4.68 Å². The molecule has 1 N–H and O–H groups in total. The highest BCUT2D eigenvalue weighted by Gasteiger charge is 2.38. The standard InChI is InChI=1S/C33H36N4O6S/c1-40-18-8-17-34-28(38)20-36-29(39)21-44-32(23-11-16-26(42-3)27(19-23)43-4)30-31(22-9-6-5-7-10-22)35-37(33(30)36)24-12-14-25(41-2)15-13-24/h5-7,9-16,19,32H,8,17-18,20-21H2,1-4H3,(H,34,38)/t32-/m0/s1. The van der Waals surface area contributed by atoms with Gasteiger partial charge < -0.3 is 24.3 Å². The Morgan fingerprint density at radius 2 is 1.70 bits per heavy atom. The number of ether oxygens (including phenoxy) is 4. The number of carbonyl (C=O) groups is 2. The zero-order chi connectivity index (χ0) is 31.1. The first-order valence-corrected chi connectivity index (χ1v) is 15.3. The third kappa shape index (κ3) is 6.53. The Morgan fingerprint density at radius 1 is 0.955 bits per heavy atom. The van der Waals surface area contributed by atoms with Crippen molar-refractivity contribution in [2.45, 2.75) is 11.7 Å². The summed E-state index contributed by atoms with van der Waals surface area (Å²) in [6, 6.07) is 23.1. The number of rotatable bonds is 12. The molecule has 0 saturated heterocycles. The average Bonchev–Trinajstić information content (AvgIpc) is 3.39. The van der Waals surface area contributed by atoms with Crippen LogP contribution in [0.1, 0.15) is 22.8 Å². The second kappa shape index (κ2) is 14.3. The molecule has 1 atom stereocenters. The van der Waals surface area contributed by atoms with Crippen molar-refractivity contribution in [2.24, 2.45) is 0 Å². The lowest BCUT2D eigenvalue weighted by Crippen LogP contribution is -2.42. The largest absolute Gasteiger partial charge is 0.497 e. The molecule has 1 aliphatic heterocycles. The molecule has 0 bridgehead atoms. The second-order valence-electron chi connectivity index (χ2n) is 10.0. The summed E-state index contributed by atoms with van der Waals surface area (Å²) in [7, 11) is 6.43. The molecular weight excluding hydrogens is 580 g/mol. The zero-order valence-corrected chi connectivity index (χ0v) is 26.1. The Balaban J connectivity index is 1.72. The molecule has 2 heterocycles. The van der Waals surface area contributed by atoms with Gasteiger partial charge in [-0.15, -0.1) is 11.8 Å². The SMILES string of the molecule is COCCCNC(=O)CN1C(=O)CS[C@@H](c2ccc(OC)c(OC)c2)c2c(-c3ccccc3)nn(-c3ccc(OC)cc3)c21. The van der Waals surface area contributed by atoms with Crippen LogP contribution in [0, 0.1) is 0 Å². The molecule has 4 aromatic rings. The maximum absolute atomic E-state index is 13.9. The summed E-state index contributed by atoms with van der Waals surface area (Å²) in [5.41, 5.74) is 4.06. The van der Waals surface area contributed by atoms with Crippen molar-refractivity contribution < 1.29 is 28.5 Å². The van der Waals surface area contributed by atoms with E-state index in [0.717, 1.165) is 22.4 Å². The van der Waals surface area contributed by atoms with Crippen LogP contribution in [0.4, 0.5) is 5.82 Å². The van der Waals surface area contributed by atoms with E-state index >= 15 is 0 Å². The summed E-state index contributed by atoms with van der Waals surface area (Å²) >= 11 is 1.49. The van der Waals surface area contributed by atoms with Crippen LogP contribution in [0.2, 0.25) is 0 Å². The number of fused-ring (bicyclic) bond motifs is 1. The predicted molar refractivity (Wildman–Crippen MR) is 171 cm³/mol. The van der Waals surface area contributed by atoms with Crippen LogP contribution < -0.4 is 24.4 Å². The van der Waals surface area contributed by atoms with Crippen molar-refractivity contribution in [2.75, 3.05) is 58.8 Å². The van der Waals surface area contributed by atoms with Crippen LogP contribution in [0.3, 0.4) is 0 Å². The van der Waals surface area contributed by atoms with Gasteiger partial charge in [0.2, 0.25) is 11.8 Å². The molecular formula is C33H36N4O6S. The van der Waals surface area contributed by atoms with Crippen molar-refractivity contribution in [3.63, 3.8) is 0 Å². The Labute approximate surface area is 261 Å². The monoisotopic (exact) mass is 616 g/mol. The van der Waals surface area contributed by atoms with E-state index in [1.54, 1.807) is 38.0 Å². The maximum atomic E-state index is 13.9. The fraction of sp³-hybridized carbons (Fsp3) is 0.303. The highest BCUT2D eigenvalue weighted by atomic mass is 32.2. The van der Waals surface area contributed by atoms with Gasteiger partial charge in [0.25, 0.3) is 0 Å². The smallest absolute Gasteiger partial charge is 0.240 e. The van der Waals surface area contributed by atoms with E-state index < -0.39 is 0 Å². The lowest BCUT2D eigenvalue weighted by Gasteiger charge is -2.23. The molecule has 230 valence electrons. The molecule has 0 aliphatic carbocycles. The van der Waals surface area contributed by atoms with E-state index in [1.807, 2.05) is 72.8 Å². The second-order valence-corrected chi connectivity index (χ2v) is 11.1. The number of carbonyl (C=O) groups excluding carboxylic acids is 2. The molecule has 0 unspecified atom stereocenters. The van der Waals surface area contributed by atoms with Crippen molar-refractivity contribution in [3.8, 4) is 34.2 Å². The van der Waals surface area contributed by atoms with Crippen LogP contribution in [0.25, 0.3) is 16.9 Å². The number of thioether (sulfide) groups is 1. The van der Waals surface area contributed by atoms with Crippen LogP contribution in [-0.4, -0.2) is 75.5 Å². The minimum atomic E-state index is -0.314. The molecule has 0 spiro atoms. The molecule has 5 rings (SSSR count). The van der Waals surface area contributed by atoms with Gasteiger partial charge in [0.1, 0.15) is 18.1 Å². The van der Waals surface area contributed by atoms with Gasteiger partial charge in [-0.3, -0.25) is 14.5 Å². The minimum Gasteiger partial charge on any atom is -0.497 e. The van der Waals surface area contributed by atoms with Crippen molar-refractivity contribution in [1.29, 1.82) is 0 Å². The van der Waals surface area contributed by atoms with E-state index in [1.165, 1.54) is 11.8 Å². The van der Waals surface area contributed by atoms with E-state index in [9.17, 15) is 9.59 Å². The van der Waals surface area contributed by atoms with Crippen LogP contribution in [-0.2, 0) is 14.3 Å². The number of nitrogens with zero attached hydrogens (tertiary/aromatic N) is 3. The Bertz CT molecular complexity index is 1590. The van der Waals surface area contributed by atoms with Gasteiger partial charge in [0.15, 0.2) is 11.5 Å². The first-order valence-electron chi connectivity index (χ1n) is 14.2. The number of amides is 2. The summed E-state index contributed by atoms with van der Waals surface area (Å²) in [4.78, 5) is 28.7. The number of anilines is 1. The highest BCUT2D eigenvalue weighted by molar-refractivity contribution is 8.00. The number of benzene rings is 3. The van der Waals surface area contributed by atoms with E-state index in [-0.39, 0.29) is 29.4 Å². The third-order valence-corrected chi connectivity index (χ3v) is 8.57. The molecule has 0 saturated carbocycles. The van der Waals surface area contributed by atoms with E-state index in [4.69, 9.17) is 24.0 Å². The summed E-state index contributed by atoms with van der Waals surface area (Å²) in [5, 5.41) is 7.73. The Hall–Kier alpha value is -4.48. The first kappa shape index (κ1) is 31.0. The van der Waals surface area contributed by atoms with E-state index in [2.05, 4.69) is 5.32 Å². The van der Waals surface area contributed by atoms with Gasteiger partial charge in [0, 0.05) is 31.4 Å². The normalized spacial score (nSPS) is 14.5. The van der Waals surface area contributed by atoms with Gasteiger partial charge in [-0.05, 0) is 48.4 Å². The third-order valence-electron chi connectivity index (χ3n) is 7.31. The number of hydrogen-bond acceptors (Lipinski definition) is 8. The predicted octanol–water partition coefficient (Wildman–Crippen LogP) is 4.89. The van der Waals surface area contributed by atoms with Crippen LogP contribution >= 0.6 is 11.8 Å². The molecule has 1 aromatic heterocycles. The summed E-state index contributed by atoms with van der Waals surface area (Å²) in [6.07, 6.45) is 0.667. The molecule has 44 heavy (non-hydrogen) atoms. The number of aromatic nitrogens is 2. The van der Waals surface area contributed by atoms with E-state index in [0.29, 0.717) is 48.3 Å². The molecule has 0 fully saturated rings. The quantitative estimate of drug-likeness (QED) is 0.225. The van der Waals surface area contributed by atoms with Crippen molar-refractivity contribution >= 4 is 29.4 Å². The highest BCUT2D eigenvalue weighted by Crippen LogP contribution is 2.49. The zero-order valence-electron chi connectivity index (χ0n) is 25.2. The lowest BCUT2D eigenvalue weighted by molar-refractivity contribution is -0.122. The summed E-state index contributed by atoms with van der Waals surface area (Å²) in [5.74, 6) is 2.11. The fourth-order valence-corrected chi connectivity index (χ4v) is 6.34. The van der Waals surface area contributed by atoms with Gasteiger partial charge in [-0.2, -0.15) is 5.10 Å². The summed E-state index contributed by atoms with van der Waals surface area (Å²) < 4.78 is 23.4. The number of nitrogens with one attached hydrogen (secondary N) is 1. The number of hydrogen-bond donors (Lipinski definition) is 1. The van der Waals surface area contributed by atoms with Crippen LogP contribution in [0.15, 0.2) is 72.8 Å². The minimum absolute atomic E-state index is 0.154. The van der Waals surface area contributed by atoms with Gasteiger partial charge >= 0.3 is 0 Å². The lowest BCUT2D eigenvalue weighted by atomic mass is 9.99. The maximum Gasteiger partial charge on any atom is 0.240 e. The molecule has 3 aromatic carbocycles. The Kier molecular flexibility index (Phi) is 10.1. The molecule has 2 amide bonds. The summed E-state index contributed by atoms with van der Waals surface area (Å²) in [6.45, 7) is 0.813. The van der Waals surface area contributed by atoms with Gasteiger partial charge in [-0.1, -0.05) is 36.4 Å². The average molecular weight is 617 g/mol. The number of methoxy groups -OCH3 is 4. The molecule has 1 aliphatic rings. The van der Waals surface area contributed by atoms with Crippen molar-refractivity contribution in [1.82, 2.24) is 15.1 Å². The topological polar surface area (TPSA) is 104 Å². The van der Waals surface area contributed by atoms with Gasteiger partial charge in [0.05, 0.1) is 43.7 Å². The molecule has 10 nitrogen and oxygen atoms in total. The fourth-order valence-electron chi connectivity index (χ4n) is 5.15.